The minimum Gasteiger partial charge on any atom is -0.459 e. The molecule has 0 radical (unpaired) electrons. The molecular formula is C32H52O4. The molecule has 4 heteroatoms. The van der Waals surface area contributed by atoms with Crippen molar-refractivity contribution in [1.29, 1.82) is 0 Å². The fourth-order valence-electron chi connectivity index (χ4n) is 11.2. The number of ether oxygens (including phenoxy) is 1. The van der Waals surface area contributed by atoms with E-state index >= 15 is 0 Å². The maximum Gasteiger partial charge on any atom is 0.303 e. The smallest absolute Gasteiger partial charge is 0.303 e. The molecule has 0 spiro atoms. The Morgan fingerprint density at radius 3 is 2.28 bits per heavy atom. The summed E-state index contributed by atoms with van der Waals surface area (Å²) in [7, 11) is 0. The quantitative estimate of drug-likeness (QED) is 0.328. The summed E-state index contributed by atoms with van der Waals surface area (Å²) in [4.78, 5) is 11.9. The molecule has 0 bridgehead atoms. The van der Waals surface area contributed by atoms with E-state index in [1.807, 2.05) is 0 Å². The van der Waals surface area contributed by atoms with Crippen LogP contribution in [0.15, 0.2) is 11.6 Å². The zero-order valence-electron chi connectivity index (χ0n) is 24.2. The number of aliphatic hydroxyl groups excluding tert-OH is 2. The largest absolute Gasteiger partial charge is 0.459 e. The summed E-state index contributed by atoms with van der Waals surface area (Å²) in [5.41, 5.74) is 2.06. The lowest BCUT2D eigenvalue weighted by Gasteiger charge is -2.71. The molecule has 36 heavy (non-hydrogen) atoms. The van der Waals surface area contributed by atoms with E-state index < -0.39 is 12.2 Å². The average Bonchev–Trinajstić information content (AvgIpc) is 2.76. The molecule has 5 aliphatic carbocycles. The summed E-state index contributed by atoms with van der Waals surface area (Å²) in [5, 5.41) is 22.1. The number of hydrogen-bond donors (Lipinski definition) is 2. The molecular weight excluding hydrogens is 448 g/mol. The first-order valence-electron chi connectivity index (χ1n) is 14.7. The fraction of sp³-hybridized carbons (Fsp3) is 0.906. The van der Waals surface area contributed by atoms with Crippen LogP contribution >= 0.6 is 0 Å². The summed E-state index contributed by atoms with van der Waals surface area (Å²) in [6, 6.07) is 0. The van der Waals surface area contributed by atoms with E-state index in [4.69, 9.17) is 4.74 Å². The Morgan fingerprint density at radius 2 is 1.64 bits per heavy atom. The van der Waals surface area contributed by atoms with Crippen molar-refractivity contribution in [3.05, 3.63) is 11.6 Å². The Hall–Kier alpha value is -0.870. The van der Waals surface area contributed by atoms with E-state index in [1.54, 1.807) is 5.57 Å². The molecule has 4 saturated carbocycles. The molecule has 0 aromatic rings. The molecule has 5 rings (SSSR count). The highest BCUT2D eigenvalue weighted by Crippen LogP contribution is 2.75. The van der Waals surface area contributed by atoms with Crippen LogP contribution in [0.25, 0.3) is 0 Å². The number of carbonyl (C=O) groups excluding carboxylic acids is 1. The van der Waals surface area contributed by atoms with Gasteiger partial charge in [0.15, 0.2) is 0 Å². The lowest BCUT2D eigenvalue weighted by atomic mass is 9.33. The zero-order chi connectivity index (χ0) is 26.5. The van der Waals surface area contributed by atoms with Gasteiger partial charge in [-0.1, -0.05) is 60.1 Å². The van der Waals surface area contributed by atoms with E-state index in [-0.39, 0.29) is 33.0 Å². The fourth-order valence-corrected chi connectivity index (χ4v) is 11.2. The van der Waals surface area contributed by atoms with Gasteiger partial charge < -0.3 is 14.9 Å². The standard InChI is InChI=1S/C32H52O4/c1-20(34)36-26-23(35)18-29(6)24(28(26,4)5)11-12-31(8)25(29)10-9-21-22-17-27(2,3)13-15-32(22,19-33)16-14-30(21,31)7/h9,22-26,33,35H,10-19H2,1-8H3/t22-,23+,24-,25+,26-,29-,30+,31+,32+/m0/s1. The van der Waals surface area contributed by atoms with Crippen LogP contribution in [0.3, 0.4) is 0 Å². The molecule has 5 aliphatic rings. The Bertz CT molecular complexity index is 950. The second kappa shape index (κ2) is 8.07. The monoisotopic (exact) mass is 500 g/mol. The zero-order valence-corrected chi connectivity index (χ0v) is 24.2. The number of rotatable bonds is 2. The summed E-state index contributed by atoms with van der Waals surface area (Å²) in [6.07, 6.45) is 11.4. The molecule has 9 atom stereocenters. The van der Waals surface area contributed by atoms with Crippen LogP contribution < -0.4 is 0 Å². The molecule has 0 heterocycles. The Kier molecular flexibility index (Phi) is 5.99. The molecule has 0 aliphatic heterocycles. The van der Waals surface area contributed by atoms with Gasteiger partial charge in [-0.3, -0.25) is 4.79 Å². The Labute approximate surface area is 219 Å². The maximum atomic E-state index is 11.9. The number of hydrogen-bond acceptors (Lipinski definition) is 4. The van der Waals surface area contributed by atoms with Crippen molar-refractivity contribution in [2.24, 2.45) is 50.2 Å². The maximum absolute atomic E-state index is 11.9. The Morgan fingerprint density at radius 1 is 0.972 bits per heavy atom. The van der Waals surface area contributed by atoms with Gasteiger partial charge in [-0.25, -0.2) is 0 Å². The second-order valence-electron chi connectivity index (χ2n) is 15.9. The third kappa shape index (κ3) is 3.41. The van der Waals surface area contributed by atoms with Crippen LogP contribution in [0.4, 0.5) is 0 Å². The van der Waals surface area contributed by atoms with Crippen molar-refractivity contribution in [3.63, 3.8) is 0 Å². The predicted molar refractivity (Wildman–Crippen MR) is 143 cm³/mol. The first-order chi connectivity index (χ1) is 16.6. The van der Waals surface area contributed by atoms with Crippen molar-refractivity contribution >= 4 is 5.97 Å². The van der Waals surface area contributed by atoms with E-state index in [0.717, 1.165) is 32.1 Å². The van der Waals surface area contributed by atoms with Gasteiger partial charge in [0.05, 0.1) is 6.10 Å². The van der Waals surface area contributed by atoms with Gasteiger partial charge in [0.25, 0.3) is 0 Å². The first-order valence-corrected chi connectivity index (χ1v) is 14.7. The van der Waals surface area contributed by atoms with Crippen LogP contribution in [0, 0.1) is 50.2 Å². The normalized spacial score (nSPS) is 51.1. The Balaban J connectivity index is 1.56. The van der Waals surface area contributed by atoms with E-state index in [2.05, 4.69) is 54.5 Å². The van der Waals surface area contributed by atoms with Gasteiger partial charge in [-0.15, -0.1) is 0 Å². The minimum absolute atomic E-state index is 0.00500. The summed E-state index contributed by atoms with van der Waals surface area (Å²) < 4.78 is 5.76. The van der Waals surface area contributed by atoms with Crippen LogP contribution in [0.1, 0.15) is 113 Å². The molecule has 0 aromatic carbocycles. The highest BCUT2D eigenvalue weighted by atomic mass is 16.6. The van der Waals surface area contributed by atoms with Gasteiger partial charge >= 0.3 is 5.97 Å². The van der Waals surface area contributed by atoms with E-state index in [1.165, 1.54) is 26.2 Å². The number of esters is 1. The van der Waals surface area contributed by atoms with Crippen molar-refractivity contribution in [3.8, 4) is 0 Å². The van der Waals surface area contributed by atoms with Crippen molar-refractivity contribution < 1.29 is 19.7 Å². The lowest BCUT2D eigenvalue weighted by molar-refractivity contribution is -0.239. The average molecular weight is 501 g/mol. The van der Waals surface area contributed by atoms with Crippen molar-refractivity contribution in [2.75, 3.05) is 6.61 Å². The summed E-state index contributed by atoms with van der Waals surface area (Å²) >= 11 is 0. The summed E-state index contributed by atoms with van der Waals surface area (Å²) in [5.74, 6) is 1.08. The number of allylic oxidation sites excluding steroid dienone is 2. The molecule has 2 N–H and O–H groups in total. The number of fused-ring (bicyclic) bond motifs is 7. The van der Waals surface area contributed by atoms with Crippen LogP contribution in [-0.4, -0.2) is 35.0 Å². The molecule has 0 amide bonds. The van der Waals surface area contributed by atoms with Crippen molar-refractivity contribution in [1.82, 2.24) is 0 Å². The summed E-state index contributed by atoms with van der Waals surface area (Å²) in [6.45, 7) is 18.6. The topological polar surface area (TPSA) is 66.8 Å². The molecule has 4 nitrogen and oxygen atoms in total. The van der Waals surface area contributed by atoms with Gasteiger partial charge in [0, 0.05) is 24.4 Å². The van der Waals surface area contributed by atoms with Crippen LogP contribution in [0.2, 0.25) is 0 Å². The molecule has 0 saturated heterocycles. The molecule has 0 unspecified atom stereocenters. The highest BCUT2D eigenvalue weighted by molar-refractivity contribution is 5.66. The third-order valence-corrected chi connectivity index (χ3v) is 13.3. The van der Waals surface area contributed by atoms with E-state index in [0.29, 0.717) is 36.2 Å². The van der Waals surface area contributed by atoms with Gasteiger partial charge in [0.2, 0.25) is 0 Å². The van der Waals surface area contributed by atoms with Crippen LogP contribution in [-0.2, 0) is 9.53 Å². The van der Waals surface area contributed by atoms with Crippen LogP contribution in [0.5, 0.6) is 0 Å². The lowest BCUT2D eigenvalue weighted by Crippen LogP contribution is -2.67. The van der Waals surface area contributed by atoms with Gasteiger partial charge in [-0.05, 0) is 97.2 Å². The number of aliphatic hydroxyl groups is 2. The van der Waals surface area contributed by atoms with Gasteiger partial charge in [-0.2, -0.15) is 0 Å². The SMILES string of the molecule is CC(=O)O[C@H]1[C@H](O)C[C@]2(C)[C@H]3CC=C4[C@@H]5CC(C)(C)CC[C@]5(CO)CC[C@@]4(C)[C@]3(C)CC[C@H]2C1(C)C. The van der Waals surface area contributed by atoms with Gasteiger partial charge in [0.1, 0.15) is 6.10 Å². The highest BCUT2D eigenvalue weighted by Gasteiger charge is 2.69. The predicted octanol–water partition coefficient (Wildman–Crippen LogP) is 6.68. The minimum atomic E-state index is -0.627. The third-order valence-electron chi connectivity index (χ3n) is 13.3. The number of carbonyl (C=O) groups is 1. The van der Waals surface area contributed by atoms with E-state index in [9.17, 15) is 15.0 Å². The van der Waals surface area contributed by atoms with Crippen molar-refractivity contribution in [2.45, 2.75) is 125 Å². The first kappa shape index (κ1) is 26.7. The molecule has 0 aromatic heterocycles. The molecule has 204 valence electrons. The molecule has 4 fully saturated rings. The second-order valence-corrected chi connectivity index (χ2v) is 15.9.